The summed E-state index contributed by atoms with van der Waals surface area (Å²) in [5.41, 5.74) is 2.92. The van der Waals surface area contributed by atoms with Crippen LogP contribution >= 0.6 is 0 Å². The normalized spacial score (nSPS) is 15.2. The average Bonchev–Trinajstić information content (AvgIpc) is 2.60. The Morgan fingerprint density at radius 3 is 3.23 bits per heavy atom. The fourth-order valence-corrected chi connectivity index (χ4v) is 1.27. The zero-order valence-corrected chi connectivity index (χ0v) is 6.87. The Morgan fingerprint density at radius 2 is 2.46 bits per heavy atom. The predicted octanol–water partition coefficient (Wildman–Crippen LogP) is -0.649. The highest BCUT2D eigenvalue weighted by Gasteiger charge is 2.23. The zero-order chi connectivity index (χ0) is 9.26. The molecular formula is C7H9N3O3. The first-order valence-electron chi connectivity index (χ1n) is 3.89. The maximum Gasteiger partial charge on any atom is 0.287 e. The summed E-state index contributed by atoms with van der Waals surface area (Å²) in [7, 11) is 0. The van der Waals surface area contributed by atoms with Crippen molar-refractivity contribution in [2.75, 3.05) is 6.61 Å². The van der Waals surface area contributed by atoms with E-state index >= 15 is 0 Å². The Bertz CT molecular complexity index is 334. The highest BCUT2D eigenvalue weighted by atomic mass is 16.5. The van der Waals surface area contributed by atoms with Crippen LogP contribution in [0.2, 0.25) is 0 Å². The van der Waals surface area contributed by atoms with Gasteiger partial charge in [0.25, 0.3) is 5.91 Å². The van der Waals surface area contributed by atoms with Gasteiger partial charge in [0.1, 0.15) is 5.76 Å². The number of hydrogen-bond donors (Lipinski definition) is 2. The summed E-state index contributed by atoms with van der Waals surface area (Å²) in [6.07, 6.45) is 0.653. The second-order valence-corrected chi connectivity index (χ2v) is 2.71. The van der Waals surface area contributed by atoms with Crippen molar-refractivity contribution in [3.05, 3.63) is 17.0 Å². The van der Waals surface area contributed by atoms with Crippen molar-refractivity contribution in [3.63, 3.8) is 0 Å². The molecule has 2 heterocycles. The largest absolute Gasteiger partial charge is 0.376 e. The third-order valence-electron chi connectivity index (χ3n) is 1.94. The average molecular weight is 183 g/mol. The van der Waals surface area contributed by atoms with E-state index in [1.54, 1.807) is 0 Å². The number of carbonyl (C=O) groups is 1. The maximum atomic E-state index is 11.1. The Labute approximate surface area is 74.0 Å². The summed E-state index contributed by atoms with van der Waals surface area (Å²) in [6.45, 7) is 0.966. The lowest BCUT2D eigenvalue weighted by Crippen LogP contribution is -2.31. The third kappa shape index (κ3) is 1.30. The Morgan fingerprint density at radius 1 is 1.62 bits per heavy atom. The van der Waals surface area contributed by atoms with Crippen LogP contribution < -0.4 is 11.3 Å². The molecule has 1 aromatic heterocycles. The van der Waals surface area contributed by atoms with E-state index in [4.69, 9.17) is 15.1 Å². The first-order chi connectivity index (χ1) is 6.33. The molecular weight excluding hydrogens is 174 g/mol. The van der Waals surface area contributed by atoms with Crippen LogP contribution in [0.5, 0.6) is 0 Å². The van der Waals surface area contributed by atoms with Gasteiger partial charge in [-0.1, -0.05) is 5.16 Å². The van der Waals surface area contributed by atoms with Gasteiger partial charge in [-0.3, -0.25) is 10.2 Å². The summed E-state index contributed by atoms with van der Waals surface area (Å²) in [4.78, 5) is 11.1. The molecule has 0 atom stereocenters. The van der Waals surface area contributed by atoms with E-state index in [1.165, 1.54) is 0 Å². The molecule has 0 aromatic carbocycles. The zero-order valence-electron chi connectivity index (χ0n) is 6.87. The topological polar surface area (TPSA) is 90.4 Å². The fraction of sp³-hybridized carbons (Fsp3) is 0.429. The molecule has 0 aliphatic carbocycles. The molecule has 6 heteroatoms. The number of ether oxygens (including phenoxy) is 1. The smallest absolute Gasteiger partial charge is 0.287 e. The van der Waals surface area contributed by atoms with Gasteiger partial charge >= 0.3 is 0 Å². The molecule has 1 aromatic rings. The van der Waals surface area contributed by atoms with Crippen molar-refractivity contribution in [1.82, 2.24) is 10.6 Å². The number of hydrogen-bond acceptors (Lipinski definition) is 5. The lowest BCUT2D eigenvalue weighted by molar-refractivity contribution is 0.0924. The van der Waals surface area contributed by atoms with Crippen molar-refractivity contribution in [2.24, 2.45) is 5.84 Å². The monoisotopic (exact) mass is 183 g/mol. The summed E-state index contributed by atoms with van der Waals surface area (Å²) in [5, 5.41) is 3.62. The number of amides is 1. The van der Waals surface area contributed by atoms with Crippen molar-refractivity contribution >= 4 is 5.91 Å². The van der Waals surface area contributed by atoms with Gasteiger partial charge in [0.2, 0.25) is 0 Å². The Kier molecular flexibility index (Phi) is 1.99. The number of hydrazine groups is 1. The van der Waals surface area contributed by atoms with Crippen LogP contribution in [0.4, 0.5) is 0 Å². The van der Waals surface area contributed by atoms with Crippen molar-refractivity contribution in [3.8, 4) is 0 Å². The fourth-order valence-electron chi connectivity index (χ4n) is 1.27. The summed E-state index contributed by atoms with van der Waals surface area (Å²) in [5.74, 6) is 5.24. The molecule has 1 aliphatic heterocycles. The molecule has 0 unspecified atom stereocenters. The van der Waals surface area contributed by atoms with Gasteiger partial charge in [-0.2, -0.15) is 0 Å². The molecule has 1 amide bonds. The van der Waals surface area contributed by atoms with Crippen molar-refractivity contribution in [1.29, 1.82) is 0 Å². The number of nitrogen functional groups attached to an aromatic ring is 1. The van der Waals surface area contributed by atoms with Crippen molar-refractivity contribution in [2.45, 2.75) is 13.0 Å². The minimum absolute atomic E-state index is 0.220. The maximum absolute atomic E-state index is 11.1. The van der Waals surface area contributed by atoms with Crippen LogP contribution in [0.25, 0.3) is 0 Å². The molecule has 0 saturated heterocycles. The van der Waals surface area contributed by atoms with Crippen LogP contribution in [-0.2, 0) is 17.8 Å². The highest BCUT2D eigenvalue weighted by Crippen LogP contribution is 2.19. The van der Waals surface area contributed by atoms with Gasteiger partial charge in [0.05, 0.1) is 18.8 Å². The number of fused-ring (bicyclic) bond motifs is 1. The van der Waals surface area contributed by atoms with Gasteiger partial charge in [0.15, 0.2) is 5.69 Å². The molecule has 0 bridgehead atoms. The van der Waals surface area contributed by atoms with E-state index in [1.807, 2.05) is 5.43 Å². The molecule has 6 nitrogen and oxygen atoms in total. The van der Waals surface area contributed by atoms with E-state index in [0.717, 1.165) is 0 Å². The number of aromatic nitrogens is 1. The van der Waals surface area contributed by atoms with Gasteiger partial charge in [-0.05, 0) is 0 Å². The Hall–Kier alpha value is -1.40. The molecule has 70 valence electrons. The molecule has 0 spiro atoms. The van der Waals surface area contributed by atoms with Gasteiger partial charge < -0.3 is 9.26 Å². The first-order valence-corrected chi connectivity index (χ1v) is 3.89. The molecule has 0 saturated carbocycles. The quantitative estimate of drug-likeness (QED) is 0.343. The third-order valence-corrected chi connectivity index (χ3v) is 1.94. The SMILES string of the molecule is NNC(=O)c1noc2c1COCC2. The number of nitrogens with one attached hydrogen (secondary N) is 1. The summed E-state index contributed by atoms with van der Waals surface area (Å²) < 4.78 is 10.1. The first kappa shape index (κ1) is 8.21. The minimum atomic E-state index is -0.449. The number of rotatable bonds is 1. The van der Waals surface area contributed by atoms with E-state index in [2.05, 4.69) is 5.16 Å². The molecule has 0 fully saturated rings. The predicted molar refractivity (Wildman–Crippen MR) is 41.5 cm³/mol. The number of nitrogens with two attached hydrogens (primary N) is 1. The molecule has 2 rings (SSSR count). The van der Waals surface area contributed by atoms with Crippen LogP contribution in [0, 0.1) is 0 Å². The van der Waals surface area contributed by atoms with E-state index < -0.39 is 5.91 Å². The van der Waals surface area contributed by atoms with E-state index in [0.29, 0.717) is 31.0 Å². The molecule has 0 radical (unpaired) electrons. The van der Waals surface area contributed by atoms with E-state index in [-0.39, 0.29) is 5.69 Å². The standard InChI is InChI=1S/C7H9N3O3/c8-9-7(11)6-4-3-12-2-1-5(4)13-10-6/h1-3,8H2,(H,9,11). The van der Waals surface area contributed by atoms with Gasteiger partial charge in [0, 0.05) is 6.42 Å². The minimum Gasteiger partial charge on any atom is -0.376 e. The number of nitrogens with zero attached hydrogens (tertiary/aromatic N) is 1. The lowest BCUT2D eigenvalue weighted by Gasteiger charge is -2.09. The highest BCUT2D eigenvalue weighted by molar-refractivity contribution is 5.93. The van der Waals surface area contributed by atoms with Crippen LogP contribution in [0.1, 0.15) is 21.8 Å². The van der Waals surface area contributed by atoms with Gasteiger partial charge in [-0.25, -0.2) is 5.84 Å². The molecule has 1 aliphatic rings. The van der Waals surface area contributed by atoms with Crippen LogP contribution in [-0.4, -0.2) is 17.7 Å². The van der Waals surface area contributed by atoms with Crippen molar-refractivity contribution < 1.29 is 14.1 Å². The molecule has 3 N–H and O–H groups in total. The lowest BCUT2D eigenvalue weighted by atomic mass is 10.1. The van der Waals surface area contributed by atoms with Crippen LogP contribution in [0.15, 0.2) is 4.52 Å². The second-order valence-electron chi connectivity index (χ2n) is 2.71. The van der Waals surface area contributed by atoms with Gasteiger partial charge in [-0.15, -0.1) is 0 Å². The summed E-state index contributed by atoms with van der Waals surface area (Å²) >= 11 is 0. The number of carbonyl (C=O) groups excluding carboxylic acids is 1. The second kappa shape index (κ2) is 3.15. The Balaban J connectivity index is 2.36. The summed E-state index contributed by atoms with van der Waals surface area (Å²) in [6, 6.07) is 0. The van der Waals surface area contributed by atoms with E-state index in [9.17, 15) is 4.79 Å². The van der Waals surface area contributed by atoms with Crippen LogP contribution in [0.3, 0.4) is 0 Å². The molecule has 13 heavy (non-hydrogen) atoms.